The lowest BCUT2D eigenvalue weighted by atomic mass is 9.78. The molecule has 0 aliphatic heterocycles. The van der Waals surface area contributed by atoms with Crippen molar-refractivity contribution in [2.24, 2.45) is 5.73 Å². The van der Waals surface area contributed by atoms with Crippen molar-refractivity contribution in [2.75, 3.05) is 0 Å². The van der Waals surface area contributed by atoms with Crippen LogP contribution in [0.5, 0.6) is 0 Å². The number of rotatable bonds is 5. The molecule has 0 bridgehead atoms. The summed E-state index contributed by atoms with van der Waals surface area (Å²) in [4.78, 5) is 0. The van der Waals surface area contributed by atoms with Crippen LogP contribution >= 0.6 is 0 Å². The predicted molar refractivity (Wildman–Crippen MR) is 153 cm³/mol. The molecule has 0 saturated heterocycles. The SMILES string of the molecule is C=C/C(=C(/C)N)c1cc(C2=CC(CC)=C(C3=Cc4c(ccc5c4CCC=C5)CC3)CC2)ccc1C. The van der Waals surface area contributed by atoms with Gasteiger partial charge < -0.3 is 5.73 Å². The summed E-state index contributed by atoms with van der Waals surface area (Å²) in [5.74, 6) is 0. The van der Waals surface area contributed by atoms with Crippen molar-refractivity contribution in [3.63, 3.8) is 0 Å². The fourth-order valence-electron chi connectivity index (χ4n) is 6.05. The van der Waals surface area contributed by atoms with Gasteiger partial charge in [-0.15, -0.1) is 0 Å². The van der Waals surface area contributed by atoms with Crippen LogP contribution in [0, 0.1) is 6.92 Å². The highest BCUT2D eigenvalue weighted by molar-refractivity contribution is 5.81. The number of hydrogen-bond donors (Lipinski definition) is 1. The quantitative estimate of drug-likeness (QED) is 0.444. The van der Waals surface area contributed by atoms with E-state index in [0.717, 1.165) is 49.8 Å². The van der Waals surface area contributed by atoms with Gasteiger partial charge in [-0.2, -0.15) is 0 Å². The molecule has 0 saturated carbocycles. The van der Waals surface area contributed by atoms with E-state index in [4.69, 9.17) is 5.73 Å². The second-order valence-corrected chi connectivity index (χ2v) is 10.2. The smallest absolute Gasteiger partial charge is 0.0128 e. The fourth-order valence-corrected chi connectivity index (χ4v) is 6.05. The summed E-state index contributed by atoms with van der Waals surface area (Å²) in [5, 5.41) is 0. The van der Waals surface area contributed by atoms with Gasteiger partial charge in [0.15, 0.2) is 0 Å². The van der Waals surface area contributed by atoms with Gasteiger partial charge in [-0.1, -0.05) is 68.1 Å². The Bertz CT molecular complexity index is 1350. The summed E-state index contributed by atoms with van der Waals surface area (Å²) in [5.41, 5.74) is 23.9. The second-order valence-electron chi connectivity index (χ2n) is 10.2. The van der Waals surface area contributed by atoms with Gasteiger partial charge in [0.25, 0.3) is 0 Å². The first-order valence-corrected chi connectivity index (χ1v) is 13.1. The Labute approximate surface area is 211 Å². The maximum Gasteiger partial charge on any atom is 0.0128 e. The van der Waals surface area contributed by atoms with Crippen molar-refractivity contribution in [3.8, 4) is 0 Å². The Balaban J connectivity index is 1.54. The van der Waals surface area contributed by atoms with E-state index in [1.165, 1.54) is 50.9 Å². The van der Waals surface area contributed by atoms with Crippen LogP contribution in [0.1, 0.15) is 84.9 Å². The Morgan fingerprint density at radius 3 is 2.60 bits per heavy atom. The van der Waals surface area contributed by atoms with Gasteiger partial charge in [0.05, 0.1) is 0 Å². The number of fused-ring (bicyclic) bond motifs is 3. The molecular weight excluding hydrogens is 422 g/mol. The van der Waals surface area contributed by atoms with Crippen LogP contribution in [0.4, 0.5) is 0 Å². The molecule has 1 nitrogen and oxygen atoms in total. The molecule has 1 heteroatoms. The van der Waals surface area contributed by atoms with E-state index in [9.17, 15) is 0 Å². The van der Waals surface area contributed by atoms with Crippen LogP contribution in [0.15, 0.2) is 77.6 Å². The van der Waals surface area contributed by atoms with E-state index in [1.807, 2.05) is 13.0 Å². The molecule has 35 heavy (non-hydrogen) atoms. The number of allylic oxidation sites excluding steroid dienone is 9. The van der Waals surface area contributed by atoms with Crippen molar-refractivity contribution in [2.45, 2.75) is 65.7 Å². The van der Waals surface area contributed by atoms with Gasteiger partial charge in [0.1, 0.15) is 0 Å². The first-order valence-electron chi connectivity index (χ1n) is 13.1. The van der Waals surface area contributed by atoms with E-state index in [1.54, 1.807) is 16.7 Å². The van der Waals surface area contributed by atoms with Gasteiger partial charge in [-0.25, -0.2) is 0 Å². The van der Waals surface area contributed by atoms with Crippen LogP contribution in [0.25, 0.3) is 23.3 Å². The molecule has 2 aromatic carbocycles. The molecule has 3 aliphatic carbocycles. The minimum Gasteiger partial charge on any atom is -0.402 e. The van der Waals surface area contributed by atoms with Crippen molar-refractivity contribution in [1.29, 1.82) is 0 Å². The highest BCUT2D eigenvalue weighted by atomic mass is 14.6. The summed E-state index contributed by atoms with van der Waals surface area (Å²) in [6.07, 6.45) is 19.4. The molecule has 0 heterocycles. The summed E-state index contributed by atoms with van der Waals surface area (Å²) >= 11 is 0. The minimum atomic E-state index is 0.816. The van der Waals surface area contributed by atoms with Gasteiger partial charge in [-0.3, -0.25) is 0 Å². The highest BCUT2D eigenvalue weighted by Gasteiger charge is 2.22. The lowest BCUT2D eigenvalue weighted by Gasteiger charge is -2.27. The van der Waals surface area contributed by atoms with Crippen LogP contribution in [-0.4, -0.2) is 0 Å². The monoisotopic (exact) mass is 459 g/mol. The number of aryl methyl sites for hydroxylation is 2. The first-order chi connectivity index (χ1) is 17.0. The number of benzene rings is 2. The fraction of sp³-hybridized carbons (Fsp3) is 0.294. The Morgan fingerprint density at radius 1 is 1.00 bits per heavy atom. The normalized spacial score (nSPS) is 17.8. The van der Waals surface area contributed by atoms with Crippen LogP contribution in [-0.2, 0) is 12.8 Å². The molecule has 0 fully saturated rings. The third kappa shape index (κ3) is 4.41. The molecule has 0 atom stereocenters. The molecule has 0 radical (unpaired) electrons. The van der Waals surface area contributed by atoms with Gasteiger partial charge in [0, 0.05) is 5.70 Å². The lowest BCUT2D eigenvalue weighted by Crippen LogP contribution is -2.09. The van der Waals surface area contributed by atoms with Crippen LogP contribution in [0.2, 0.25) is 0 Å². The summed E-state index contributed by atoms with van der Waals surface area (Å²) in [6, 6.07) is 11.5. The summed E-state index contributed by atoms with van der Waals surface area (Å²) < 4.78 is 0. The largest absolute Gasteiger partial charge is 0.402 e. The van der Waals surface area contributed by atoms with Crippen molar-refractivity contribution < 1.29 is 0 Å². The molecule has 0 unspecified atom stereocenters. The van der Waals surface area contributed by atoms with E-state index in [2.05, 4.69) is 75.1 Å². The van der Waals surface area contributed by atoms with E-state index in [0.29, 0.717) is 0 Å². The van der Waals surface area contributed by atoms with Gasteiger partial charge >= 0.3 is 0 Å². The zero-order chi connectivity index (χ0) is 24.5. The topological polar surface area (TPSA) is 26.0 Å². The molecule has 0 amide bonds. The second kappa shape index (κ2) is 9.74. The van der Waals surface area contributed by atoms with E-state index < -0.39 is 0 Å². The molecule has 0 aromatic heterocycles. The summed E-state index contributed by atoms with van der Waals surface area (Å²) in [6.45, 7) is 10.4. The molecular formula is C34H37N. The van der Waals surface area contributed by atoms with Gasteiger partial charge in [-0.05, 0) is 132 Å². The molecule has 3 aliphatic rings. The maximum absolute atomic E-state index is 6.17. The molecule has 0 spiro atoms. The lowest BCUT2D eigenvalue weighted by molar-refractivity contribution is 0.860. The molecule has 5 rings (SSSR count). The zero-order valence-electron chi connectivity index (χ0n) is 21.5. The standard InChI is InChI=1S/C34H37N/c1-5-24-19-27(28-12-11-22(3)33(20-28)30(6-2)23(4)35)17-18-31(24)29-16-15-26-14-13-25-9-7-8-10-32(25)34(26)21-29/h6-7,9,11-14,19-21H,2,5,8,10,15-18,35H2,1,3-4H3/b30-23+. The maximum atomic E-state index is 6.17. The average molecular weight is 460 g/mol. The zero-order valence-corrected chi connectivity index (χ0v) is 21.5. The Morgan fingerprint density at radius 2 is 1.83 bits per heavy atom. The Hall–Kier alpha value is -3.32. The predicted octanol–water partition coefficient (Wildman–Crippen LogP) is 8.74. The van der Waals surface area contributed by atoms with Crippen LogP contribution in [0.3, 0.4) is 0 Å². The van der Waals surface area contributed by atoms with Crippen molar-refractivity contribution in [1.82, 2.24) is 0 Å². The molecule has 178 valence electrons. The summed E-state index contributed by atoms with van der Waals surface area (Å²) in [7, 11) is 0. The third-order valence-electron chi connectivity index (χ3n) is 8.00. The molecule has 2 N–H and O–H groups in total. The van der Waals surface area contributed by atoms with E-state index >= 15 is 0 Å². The van der Waals surface area contributed by atoms with Gasteiger partial charge in [0.2, 0.25) is 0 Å². The van der Waals surface area contributed by atoms with Crippen molar-refractivity contribution >= 4 is 23.3 Å². The number of hydrogen-bond acceptors (Lipinski definition) is 1. The highest BCUT2D eigenvalue weighted by Crippen LogP contribution is 2.41. The Kier molecular flexibility index (Phi) is 6.52. The van der Waals surface area contributed by atoms with Crippen LogP contribution < -0.4 is 5.73 Å². The third-order valence-corrected chi connectivity index (χ3v) is 8.00. The minimum absolute atomic E-state index is 0.816. The average Bonchev–Trinajstić information content (AvgIpc) is 2.89. The van der Waals surface area contributed by atoms with Crippen molar-refractivity contribution in [3.05, 3.63) is 116 Å². The molecule has 2 aromatic rings. The first kappa shape index (κ1) is 23.4. The number of nitrogens with two attached hydrogens (primary N) is 1. The van der Waals surface area contributed by atoms with E-state index in [-0.39, 0.29) is 0 Å².